The summed E-state index contributed by atoms with van der Waals surface area (Å²) >= 11 is 0. The van der Waals surface area contributed by atoms with Crippen LogP contribution in [0.15, 0.2) is 48.5 Å². The van der Waals surface area contributed by atoms with Crippen LogP contribution in [0.25, 0.3) is 11.3 Å². The molecule has 0 saturated heterocycles. The van der Waals surface area contributed by atoms with Crippen molar-refractivity contribution in [3.8, 4) is 6.07 Å². The third-order valence-electron chi connectivity index (χ3n) is 3.88. The summed E-state index contributed by atoms with van der Waals surface area (Å²) in [5, 5.41) is 19.7. The Morgan fingerprint density at radius 3 is 2.00 bits per heavy atom. The minimum atomic E-state index is -4.62. The quantitative estimate of drug-likeness (QED) is 0.415. The Morgan fingerprint density at radius 2 is 1.52 bits per heavy atom. The van der Waals surface area contributed by atoms with Gasteiger partial charge in [0.2, 0.25) is 0 Å². The third-order valence-corrected chi connectivity index (χ3v) is 3.88. The van der Waals surface area contributed by atoms with Gasteiger partial charge in [-0.25, -0.2) is 0 Å². The lowest BCUT2D eigenvalue weighted by molar-refractivity contribution is -0.137. The predicted octanol–water partition coefficient (Wildman–Crippen LogP) is 5.95. The third kappa shape index (κ3) is 4.03. The van der Waals surface area contributed by atoms with Crippen molar-refractivity contribution in [3.63, 3.8) is 0 Å². The Labute approximate surface area is 144 Å². The van der Waals surface area contributed by atoms with Crippen LogP contribution in [-0.2, 0) is 11.6 Å². The molecule has 2 aromatic carbocycles. The van der Waals surface area contributed by atoms with E-state index in [2.05, 4.69) is 0 Å². The molecule has 0 spiro atoms. The Morgan fingerprint density at radius 1 is 0.960 bits per heavy atom. The molecule has 2 aromatic rings. The summed E-state index contributed by atoms with van der Waals surface area (Å²) in [5.74, 6) is -0.682. The highest BCUT2D eigenvalue weighted by molar-refractivity contribution is 5.94. The molecule has 0 heterocycles. The first kappa shape index (κ1) is 18.6. The minimum Gasteiger partial charge on any atom is -0.506 e. The number of hydrogen-bond donors (Lipinski definition) is 1. The van der Waals surface area contributed by atoms with Crippen LogP contribution < -0.4 is 0 Å². The van der Waals surface area contributed by atoms with Gasteiger partial charge in [0, 0.05) is 5.56 Å². The molecule has 0 radical (unpaired) electrons. The predicted molar refractivity (Wildman–Crippen MR) is 91.6 cm³/mol. The molecule has 1 N–H and O–H groups in total. The summed E-state index contributed by atoms with van der Waals surface area (Å²) in [7, 11) is 0. The van der Waals surface area contributed by atoms with Crippen molar-refractivity contribution in [1.29, 1.82) is 5.26 Å². The monoisotopic (exact) mass is 345 g/mol. The average Bonchev–Trinajstić information content (AvgIpc) is 2.54. The van der Waals surface area contributed by atoms with Crippen LogP contribution in [0.3, 0.4) is 0 Å². The first-order valence-electron chi connectivity index (χ1n) is 7.66. The maximum Gasteiger partial charge on any atom is 0.417 e. The Kier molecular flexibility index (Phi) is 4.94. The fraction of sp³-hybridized carbons (Fsp3) is 0.250. The smallest absolute Gasteiger partial charge is 0.417 e. The number of nitrogens with zero attached hydrogens (tertiary/aromatic N) is 1. The van der Waals surface area contributed by atoms with Gasteiger partial charge in [-0.2, -0.15) is 18.4 Å². The molecule has 0 aliphatic carbocycles. The molecule has 0 bridgehead atoms. The number of aliphatic hydroxyl groups excluding tert-OH is 1. The molecule has 0 fully saturated rings. The van der Waals surface area contributed by atoms with E-state index in [0.717, 1.165) is 17.7 Å². The lowest BCUT2D eigenvalue weighted by Gasteiger charge is -2.19. The molecule has 5 heteroatoms. The van der Waals surface area contributed by atoms with Gasteiger partial charge in [0.15, 0.2) is 0 Å². The number of allylic oxidation sites excluding steroid dienone is 1. The average molecular weight is 345 g/mol. The highest BCUT2D eigenvalue weighted by Gasteiger charge is 2.34. The maximum absolute atomic E-state index is 13.1. The number of benzene rings is 2. The van der Waals surface area contributed by atoms with Crippen molar-refractivity contribution < 1.29 is 18.3 Å². The first-order chi connectivity index (χ1) is 11.6. The Bertz CT molecular complexity index is 835. The van der Waals surface area contributed by atoms with Crippen LogP contribution >= 0.6 is 0 Å². The summed E-state index contributed by atoms with van der Waals surface area (Å²) in [5.41, 5.74) is -0.302. The lowest BCUT2D eigenvalue weighted by atomic mass is 9.86. The van der Waals surface area contributed by atoms with Crippen LogP contribution in [0.5, 0.6) is 0 Å². The highest BCUT2D eigenvalue weighted by atomic mass is 19.4. The molecule has 2 nitrogen and oxygen atoms in total. The second kappa shape index (κ2) is 6.64. The SMILES string of the molecule is CC(C)(C)c1ccc(C(C#N)=C(O)c2ccccc2C(F)(F)F)cc1. The van der Waals surface area contributed by atoms with E-state index in [1.807, 2.05) is 26.8 Å². The van der Waals surface area contributed by atoms with Gasteiger partial charge in [-0.1, -0.05) is 63.2 Å². The molecule has 0 unspecified atom stereocenters. The van der Waals surface area contributed by atoms with Crippen LogP contribution in [0.2, 0.25) is 0 Å². The fourth-order valence-electron chi connectivity index (χ4n) is 2.46. The minimum absolute atomic E-state index is 0.0972. The number of nitriles is 1. The molecule has 130 valence electrons. The van der Waals surface area contributed by atoms with E-state index in [-0.39, 0.29) is 11.0 Å². The van der Waals surface area contributed by atoms with E-state index in [4.69, 9.17) is 0 Å². The van der Waals surface area contributed by atoms with E-state index in [0.29, 0.717) is 5.56 Å². The van der Waals surface area contributed by atoms with Crippen LogP contribution in [-0.4, -0.2) is 5.11 Å². The molecule has 0 saturated carbocycles. The number of rotatable bonds is 2. The van der Waals surface area contributed by atoms with E-state index >= 15 is 0 Å². The largest absolute Gasteiger partial charge is 0.506 e. The van der Waals surface area contributed by atoms with Gasteiger partial charge in [-0.3, -0.25) is 0 Å². The van der Waals surface area contributed by atoms with Crippen molar-refractivity contribution in [2.75, 3.05) is 0 Å². The number of aliphatic hydroxyl groups is 1. The van der Waals surface area contributed by atoms with Gasteiger partial charge in [0.1, 0.15) is 17.4 Å². The van der Waals surface area contributed by atoms with Crippen LogP contribution in [0, 0.1) is 11.3 Å². The number of hydrogen-bond acceptors (Lipinski definition) is 2. The molecule has 0 atom stereocenters. The zero-order valence-electron chi connectivity index (χ0n) is 14.1. The molecule has 0 aliphatic heterocycles. The summed E-state index contributed by atoms with van der Waals surface area (Å²) in [6.07, 6.45) is -4.62. The molecular weight excluding hydrogens is 327 g/mol. The van der Waals surface area contributed by atoms with Crippen molar-refractivity contribution in [1.82, 2.24) is 0 Å². The van der Waals surface area contributed by atoms with Gasteiger partial charge in [0.05, 0.1) is 5.56 Å². The van der Waals surface area contributed by atoms with E-state index < -0.39 is 23.1 Å². The molecule has 0 aromatic heterocycles. The lowest BCUT2D eigenvalue weighted by Crippen LogP contribution is -2.11. The Balaban J connectivity index is 2.59. The van der Waals surface area contributed by atoms with Crippen LogP contribution in [0.4, 0.5) is 13.2 Å². The van der Waals surface area contributed by atoms with E-state index in [1.165, 1.54) is 12.1 Å². The standard InChI is InChI=1S/C20H18F3NO/c1-19(2,3)14-10-8-13(9-11-14)16(12-24)18(25)15-6-4-5-7-17(15)20(21,22)23/h4-11,25H,1-3H3. The van der Waals surface area contributed by atoms with Gasteiger partial charge < -0.3 is 5.11 Å². The second-order valence-electron chi connectivity index (χ2n) is 6.71. The molecule has 2 rings (SSSR count). The summed E-state index contributed by atoms with van der Waals surface area (Å²) < 4.78 is 39.4. The summed E-state index contributed by atoms with van der Waals surface area (Å²) in [4.78, 5) is 0. The second-order valence-corrected chi connectivity index (χ2v) is 6.71. The number of alkyl halides is 3. The normalized spacial score (nSPS) is 13.2. The first-order valence-corrected chi connectivity index (χ1v) is 7.66. The van der Waals surface area contributed by atoms with E-state index in [1.54, 1.807) is 24.3 Å². The Hall–Kier alpha value is -2.74. The zero-order valence-corrected chi connectivity index (χ0v) is 14.1. The van der Waals surface area contributed by atoms with Gasteiger partial charge >= 0.3 is 6.18 Å². The molecule has 25 heavy (non-hydrogen) atoms. The van der Waals surface area contributed by atoms with Crippen molar-refractivity contribution in [2.24, 2.45) is 0 Å². The van der Waals surface area contributed by atoms with Gasteiger partial charge in [0.25, 0.3) is 0 Å². The van der Waals surface area contributed by atoms with Crippen LogP contribution in [0.1, 0.15) is 43.0 Å². The maximum atomic E-state index is 13.1. The van der Waals surface area contributed by atoms with Gasteiger partial charge in [-0.15, -0.1) is 0 Å². The molecular formula is C20H18F3NO. The van der Waals surface area contributed by atoms with Crippen molar-refractivity contribution >= 4 is 11.3 Å². The number of halogens is 3. The molecule has 0 aliphatic rings. The summed E-state index contributed by atoms with van der Waals surface area (Å²) in [6.45, 7) is 6.08. The highest BCUT2D eigenvalue weighted by Crippen LogP contribution is 2.36. The van der Waals surface area contributed by atoms with Gasteiger partial charge in [-0.05, 0) is 22.6 Å². The van der Waals surface area contributed by atoms with Crippen molar-refractivity contribution in [2.45, 2.75) is 32.4 Å². The fourth-order valence-corrected chi connectivity index (χ4v) is 2.46. The topological polar surface area (TPSA) is 44.0 Å². The van der Waals surface area contributed by atoms with E-state index in [9.17, 15) is 23.5 Å². The zero-order chi connectivity index (χ0) is 18.8. The molecule has 0 amide bonds. The van der Waals surface area contributed by atoms with Crippen molar-refractivity contribution in [3.05, 3.63) is 70.8 Å². The summed E-state index contributed by atoms with van der Waals surface area (Å²) in [6, 6.07) is 13.3.